The smallest absolute Gasteiger partial charge is 0.229 e. The maximum Gasteiger partial charge on any atom is 0.229 e. The van der Waals surface area contributed by atoms with E-state index in [1.165, 1.54) is 6.07 Å². The number of amides is 1. The van der Waals surface area contributed by atoms with Crippen molar-refractivity contribution in [2.45, 2.75) is 12.5 Å². The Morgan fingerprint density at radius 1 is 1.10 bits per heavy atom. The van der Waals surface area contributed by atoms with E-state index < -0.39 is 16.5 Å². The van der Waals surface area contributed by atoms with Gasteiger partial charge in [0.05, 0.1) is 17.5 Å². The molecule has 2 bridgehead atoms. The normalized spacial score (nSPS) is 23.7. The molecule has 4 N–H and O–H groups in total. The number of primary amides is 1. The van der Waals surface area contributed by atoms with Gasteiger partial charge < -0.3 is 21.3 Å². The van der Waals surface area contributed by atoms with Gasteiger partial charge in [0.25, 0.3) is 0 Å². The molecule has 3 aliphatic rings. The van der Waals surface area contributed by atoms with Crippen LogP contribution in [0.15, 0.2) is 61.1 Å². The van der Waals surface area contributed by atoms with Gasteiger partial charge in [-0.25, -0.2) is 17.8 Å². The Kier molecular flexibility index (Phi) is 7.54. The second kappa shape index (κ2) is 11.4. The van der Waals surface area contributed by atoms with Crippen molar-refractivity contribution in [1.82, 2.24) is 19.9 Å². The van der Waals surface area contributed by atoms with E-state index in [-0.39, 0.29) is 41.5 Å². The average molecular weight is 579 g/mol. The fourth-order valence-corrected chi connectivity index (χ4v) is 6.72. The minimum absolute atomic E-state index is 0.0206. The van der Waals surface area contributed by atoms with Gasteiger partial charge in [-0.15, -0.1) is 0 Å². The fourth-order valence-electron chi connectivity index (χ4n) is 6.11. The van der Waals surface area contributed by atoms with Gasteiger partial charge in [-0.2, -0.15) is 4.98 Å². The van der Waals surface area contributed by atoms with Crippen LogP contribution in [0.4, 0.5) is 27.5 Å². The summed E-state index contributed by atoms with van der Waals surface area (Å²) < 4.78 is 37.2. The average Bonchev–Trinajstić information content (AvgIpc) is 3.56. The number of hydrogen-bond acceptors (Lipinski definition) is 10. The molecule has 11 nitrogen and oxygen atoms in total. The number of pyridine rings is 1. The summed E-state index contributed by atoms with van der Waals surface area (Å²) in [7, 11) is -2.47. The van der Waals surface area contributed by atoms with E-state index in [1.54, 1.807) is 30.7 Å². The summed E-state index contributed by atoms with van der Waals surface area (Å²) in [5.74, 6) is 0.00433. The number of benzene rings is 1. The van der Waals surface area contributed by atoms with Crippen molar-refractivity contribution in [2.24, 2.45) is 23.5 Å². The molecule has 1 saturated heterocycles. The molecule has 1 saturated carbocycles. The standard InChI is InChI=1S/C28H31FN8O3S/c29-22-13-20(5-6-23(22)37-10-8-36(9-11-37)16-41(39)40)33-28-32-15-21(19-2-1-7-31-14-19)27(35-28)34-25-18-4-3-17(12-18)24(25)26(30)38/h1-7,13-15,17-18,24-25,41H,8-12,16H2,(H2,30,38)(H2,32,33,34,35)/t17?,18?,24-,25+/m0/s1. The number of nitrogens with two attached hydrogens (primary N) is 1. The number of carbonyl (C=O) groups excluding carboxylic acids is 1. The van der Waals surface area contributed by atoms with Crippen LogP contribution >= 0.6 is 0 Å². The van der Waals surface area contributed by atoms with E-state index in [9.17, 15) is 13.2 Å². The molecule has 2 fully saturated rings. The van der Waals surface area contributed by atoms with Crippen molar-refractivity contribution in [3.8, 4) is 11.1 Å². The Morgan fingerprint density at radius 2 is 1.90 bits per heavy atom. The Labute approximate surface area is 238 Å². The number of anilines is 4. The maximum absolute atomic E-state index is 15.2. The first-order valence-electron chi connectivity index (χ1n) is 13.5. The summed E-state index contributed by atoms with van der Waals surface area (Å²) in [6, 6.07) is 8.38. The Bertz CT molecular complexity index is 1540. The number of hydrogen-bond donors (Lipinski definition) is 4. The molecular formula is C28H31FN8O3S. The van der Waals surface area contributed by atoms with E-state index in [0.717, 1.165) is 17.5 Å². The molecule has 4 atom stereocenters. The van der Waals surface area contributed by atoms with Crippen LogP contribution in [0.25, 0.3) is 11.1 Å². The molecule has 13 heteroatoms. The number of nitrogens with zero attached hydrogens (tertiary/aromatic N) is 5. The largest absolute Gasteiger partial charge is 0.369 e. The topological polar surface area (TPSA) is 146 Å². The molecule has 1 amide bonds. The predicted octanol–water partition coefficient (Wildman–Crippen LogP) is 2.20. The summed E-state index contributed by atoms with van der Waals surface area (Å²) in [6.45, 7) is 2.16. The highest BCUT2D eigenvalue weighted by molar-refractivity contribution is 7.72. The molecule has 1 aromatic carbocycles. The molecule has 1 aliphatic heterocycles. The molecule has 41 heavy (non-hydrogen) atoms. The van der Waals surface area contributed by atoms with Crippen molar-refractivity contribution in [1.29, 1.82) is 0 Å². The lowest BCUT2D eigenvalue weighted by atomic mass is 9.88. The molecule has 2 aromatic heterocycles. The number of aromatic nitrogens is 3. The van der Waals surface area contributed by atoms with Gasteiger partial charge in [-0.1, -0.05) is 18.2 Å². The van der Waals surface area contributed by atoms with E-state index in [2.05, 4.69) is 32.8 Å². The SMILES string of the molecule is NC(=O)[C@H]1C2C=CC(C2)[C@H]1Nc1nc(Nc2ccc(N3CCN(C[SH](=O)=O)CC3)c(F)c2)ncc1-c1cccnc1. The lowest BCUT2D eigenvalue weighted by Gasteiger charge is -2.35. The van der Waals surface area contributed by atoms with E-state index in [0.29, 0.717) is 43.4 Å². The van der Waals surface area contributed by atoms with Crippen LogP contribution in [0.5, 0.6) is 0 Å². The second-order valence-corrected chi connectivity index (χ2v) is 11.6. The lowest BCUT2D eigenvalue weighted by molar-refractivity contribution is -0.122. The summed E-state index contributed by atoms with van der Waals surface area (Å²) in [6.07, 6.45) is 10.1. The number of fused-ring (bicyclic) bond motifs is 2. The number of piperazine rings is 1. The molecule has 0 radical (unpaired) electrons. The van der Waals surface area contributed by atoms with Crippen molar-refractivity contribution < 1.29 is 17.6 Å². The van der Waals surface area contributed by atoms with Gasteiger partial charge in [-0.05, 0) is 42.5 Å². The monoisotopic (exact) mass is 578 g/mol. The highest BCUT2D eigenvalue weighted by Crippen LogP contribution is 2.45. The van der Waals surface area contributed by atoms with Gasteiger partial charge in [0.15, 0.2) is 10.7 Å². The Balaban J connectivity index is 1.23. The van der Waals surface area contributed by atoms with Crippen LogP contribution in [0.1, 0.15) is 6.42 Å². The van der Waals surface area contributed by atoms with Crippen LogP contribution in [0.2, 0.25) is 0 Å². The van der Waals surface area contributed by atoms with Gasteiger partial charge >= 0.3 is 0 Å². The van der Waals surface area contributed by atoms with Gasteiger partial charge in [0.2, 0.25) is 11.9 Å². The first-order chi connectivity index (χ1) is 19.9. The maximum atomic E-state index is 15.2. The lowest BCUT2D eigenvalue weighted by Crippen LogP contribution is -2.47. The minimum Gasteiger partial charge on any atom is -0.369 e. The Morgan fingerprint density at radius 3 is 2.61 bits per heavy atom. The molecule has 0 spiro atoms. The number of thiol groups is 1. The van der Waals surface area contributed by atoms with Crippen LogP contribution in [-0.4, -0.2) is 72.3 Å². The van der Waals surface area contributed by atoms with Crippen LogP contribution in [0.3, 0.4) is 0 Å². The summed E-state index contributed by atoms with van der Waals surface area (Å²) >= 11 is 0. The second-order valence-electron chi connectivity index (χ2n) is 10.6. The zero-order chi connectivity index (χ0) is 28.5. The molecule has 214 valence electrons. The minimum atomic E-state index is -2.47. The molecule has 3 heterocycles. The van der Waals surface area contributed by atoms with E-state index >= 15 is 4.39 Å². The van der Waals surface area contributed by atoms with Crippen LogP contribution < -0.4 is 21.3 Å². The van der Waals surface area contributed by atoms with Crippen molar-refractivity contribution in [3.05, 3.63) is 66.9 Å². The number of rotatable bonds is 9. The molecule has 3 aromatic rings. The molecule has 6 rings (SSSR count). The number of carbonyl (C=O) groups is 1. The zero-order valence-corrected chi connectivity index (χ0v) is 23.1. The first kappa shape index (κ1) is 27.1. The Hall–Kier alpha value is -4.10. The molecular weight excluding hydrogens is 547 g/mol. The van der Waals surface area contributed by atoms with Gasteiger partial charge in [-0.3, -0.25) is 14.7 Å². The third-order valence-electron chi connectivity index (χ3n) is 8.08. The zero-order valence-electron chi connectivity index (χ0n) is 22.2. The van der Waals surface area contributed by atoms with Crippen LogP contribution in [0, 0.1) is 23.6 Å². The number of halogens is 1. The van der Waals surface area contributed by atoms with Gasteiger partial charge in [0, 0.05) is 67.6 Å². The number of nitrogens with one attached hydrogen (secondary N) is 2. The van der Waals surface area contributed by atoms with Gasteiger partial charge in [0.1, 0.15) is 11.6 Å². The van der Waals surface area contributed by atoms with Crippen molar-refractivity contribution in [3.63, 3.8) is 0 Å². The molecule has 2 unspecified atom stereocenters. The summed E-state index contributed by atoms with van der Waals surface area (Å²) in [5, 5.41) is 6.58. The quantitative estimate of drug-likeness (QED) is 0.220. The number of allylic oxidation sites excluding steroid dienone is 1. The highest BCUT2D eigenvalue weighted by atomic mass is 32.2. The first-order valence-corrected chi connectivity index (χ1v) is 14.9. The summed E-state index contributed by atoms with van der Waals surface area (Å²) in [4.78, 5) is 29.5. The summed E-state index contributed by atoms with van der Waals surface area (Å²) in [5.41, 5.74) is 8.25. The fraction of sp³-hybridized carbons (Fsp3) is 0.357. The highest BCUT2D eigenvalue weighted by Gasteiger charge is 2.47. The third-order valence-corrected chi connectivity index (χ3v) is 8.72. The predicted molar refractivity (Wildman–Crippen MR) is 155 cm³/mol. The van der Waals surface area contributed by atoms with E-state index in [1.807, 2.05) is 21.9 Å². The third kappa shape index (κ3) is 5.72. The van der Waals surface area contributed by atoms with Crippen LogP contribution in [-0.2, 0) is 15.5 Å². The van der Waals surface area contributed by atoms with E-state index in [4.69, 9.17) is 10.7 Å². The van der Waals surface area contributed by atoms with Crippen molar-refractivity contribution >= 4 is 39.8 Å². The van der Waals surface area contributed by atoms with Crippen molar-refractivity contribution in [2.75, 3.05) is 47.6 Å². The molecule has 2 aliphatic carbocycles.